The monoisotopic (exact) mass is 276 g/mol. The number of nitrogens with zero attached hydrogens (tertiary/aromatic N) is 2. The Morgan fingerprint density at radius 1 is 1.14 bits per heavy atom. The quantitative estimate of drug-likeness (QED) is 0.807. The Morgan fingerprint density at radius 3 is 2.57 bits per heavy atom. The van der Waals surface area contributed by atoms with Crippen LogP contribution >= 0.6 is 0 Å². The summed E-state index contributed by atoms with van der Waals surface area (Å²) in [5, 5.41) is 18.3. The maximum absolute atomic E-state index is 10.9. The van der Waals surface area contributed by atoms with Gasteiger partial charge in [-0.15, -0.1) is 0 Å². The zero-order valence-corrected chi connectivity index (χ0v) is 11.5. The van der Waals surface area contributed by atoms with Crippen molar-refractivity contribution in [2.75, 3.05) is 0 Å². The van der Waals surface area contributed by atoms with Gasteiger partial charge in [-0.3, -0.25) is 4.79 Å². The summed E-state index contributed by atoms with van der Waals surface area (Å²) >= 11 is 0. The summed E-state index contributed by atoms with van der Waals surface area (Å²) in [4.78, 5) is 10.9. The van der Waals surface area contributed by atoms with Crippen LogP contribution < -0.4 is 0 Å². The SMILES string of the molecule is CC(=O)OCc1cccc(-c2cccc(C#N)c2C#N)c1. The molecular weight excluding hydrogens is 264 g/mol. The average Bonchev–Trinajstić information content (AvgIpc) is 2.52. The highest BCUT2D eigenvalue weighted by Gasteiger charge is 2.10. The molecule has 4 nitrogen and oxygen atoms in total. The molecule has 0 aliphatic heterocycles. The lowest BCUT2D eigenvalue weighted by Gasteiger charge is -2.08. The smallest absolute Gasteiger partial charge is 0.302 e. The molecule has 21 heavy (non-hydrogen) atoms. The highest BCUT2D eigenvalue weighted by molar-refractivity contribution is 5.74. The van der Waals surface area contributed by atoms with Crippen molar-refractivity contribution < 1.29 is 9.53 Å². The second-order valence-electron chi connectivity index (χ2n) is 4.43. The highest BCUT2D eigenvalue weighted by atomic mass is 16.5. The number of benzene rings is 2. The largest absolute Gasteiger partial charge is 0.461 e. The molecule has 0 aliphatic rings. The van der Waals surface area contributed by atoms with Crippen LogP contribution in [0.25, 0.3) is 11.1 Å². The van der Waals surface area contributed by atoms with Gasteiger partial charge >= 0.3 is 5.97 Å². The first-order valence-electron chi connectivity index (χ1n) is 6.31. The van der Waals surface area contributed by atoms with Gasteiger partial charge in [-0.1, -0.05) is 30.3 Å². The number of hydrogen-bond acceptors (Lipinski definition) is 4. The third-order valence-electron chi connectivity index (χ3n) is 2.98. The molecule has 0 unspecified atom stereocenters. The standard InChI is InChI=1S/C17H12N2O2/c1-12(20)21-11-13-4-2-5-14(8-13)16-7-3-6-15(9-18)17(16)10-19/h2-8H,11H2,1H3. The molecule has 0 fully saturated rings. The van der Waals surface area contributed by atoms with Crippen LogP contribution in [0.15, 0.2) is 42.5 Å². The van der Waals surface area contributed by atoms with Gasteiger partial charge in [0.1, 0.15) is 18.7 Å². The summed E-state index contributed by atoms with van der Waals surface area (Å²) in [6, 6.07) is 16.6. The first kappa shape index (κ1) is 14.3. The van der Waals surface area contributed by atoms with Crippen molar-refractivity contribution in [3.8, 4) is 23.3 Å². The Labute approximate surface area is 122 Å². The van der Waals surface area contributed by atoms with E-state index in [0.717, 1.165) is 11.1 Å². The molecule has 0 atom stereocenters. The van der Waals surface area contributed by atoms with E-state index < -0.39 is 0 Å². The predicted molar refractivity (Wildman–Crippen MR) is 76.8 cm³/mol. The Bertz CT molecular complexity index is 767. The van der Waals surface area contributed by atoms with Gasteiger partial charge in [0, 0.05) is 12.5 Å². The van der Waals surface area contributed by atoms with E-state index in [1.165, 1.54) is 6.92 Å². The molecule has 0 aliphatic carbocycles. The molecule has 0 amide bonds. The number of nitriles is 2. The first-order valence-corrected chi connectivity index (χ1v) is 6.31. The maximum Gasteiger partial charge on any atom is 0.302 e. The fourth-order valence-electron chi connectivity index (χ4n) is 2.02. The topological polar surface area (TPSA) is 73.9 Å². The molecular formula is C17H12N2O2. The van der Waals surface area contributed by atoms with Crippen molar-refractivity contribution in [3.63, 3.8) is 0 Å². The van der Waals surface area contributed by atoms with Gasteiger partial charge < -0.3 is 4.74 Å². The van der Waals surface area contributed by atoms with E-state index in [-0.39, 0.29) is 12.6 Å². The van der Waals surface area contributed by atoms with Gasteiger partial charge in [-0.25, -0.2) is 0 Å². The van der Waals surface area contributed by atoms with Crippen molar-refractivity contribution >= 4 is 5.97 Å². The van der Waals surface area contributed by atoms with Crippen molar-refractivity contribution in [1.29, 1.82) is 10.5 Å². The molecule has 0 spiro atoms. The number of carbonyl (C=O) groups excluding carboxylic acids is 1. The van der Waals surface area contributed by atoms with Crippen LogP contribution in [0.3, 0.4) is 0 Å². The summed E-state index contributed by atoms with van der Waals surface area (Å²) in [5.41, 5.74) is 3.04. The summed E-state index contributed by atoms with van der Waals surface area (Å²) < 4.78 is 4.96. The minimum atomic E-state index is -0.343. The van der Waals surface area contributed by atoms with E-state index in [0.29, 0.717) is 16.7 Å². The average molecular weight is 276 g/mol. The van der Waals surface area contributed by atoms with E-state index in [1.807, 2.05) is 30.3 Å². The zero-order chi connectivity index (χ0) is 15.2. The lowest BCUT2D eigenvalue weighted by Crippen LogP contribution is -1.99. The van der Waals surface area contributed by atoms with Crippen LogP contribution in [0, 0.1) is 22.7 Å². The van der Waals surface area contributed by atoms with Crippen LogP contribution in [0.2, 0.25) is 0 Å². The number of ether oxygens (including phenoxy) is 1. The van der Waals surface area contributed by atoms with Gasteiger partial charge in [-0.05, 0) is 23.3 Å². The van der Waals surface area contributed by atoms with Crippen molar-refractivity contribution in [3.05, 3.63) is 59.2 Å². The molecule has 4 heteroatoms. The van der Waals surface area contributed by atoms with Gasteiger partial charge in [0.15, 0.2) is 0 Å². The van der Waals surface area contributed by atoms with E-state index in [2.05, 4.69) is 6.07 Å². The van der Waals surface area contributed by atoms with Crippen LogP contribution in [0.5, 0.6) is 0 Å². The van der Waals surface area contributed by atoms with Crippen LogP contribution in [-0.4, -0.2) is 5.97 Å². The zero-order valence-electron chi connectivity index (χ0n) is 11.5. The Hall–Kier alpha value is -3.11. The molecule has 0 N–H and O–H groups in total. The van der Waals surface area contributed by atoms with Crippen LogP contribution in [0.1, 0.15) is 23.6 Å². The fourth-order valence-corrected chi connectivity index (χ4v) is 2.02. The number of hydrogen-bond donors (Lipinski definition) is 0. The molecule has 2 aromatic rings. The summed E-state index contributed by atoms with van der Waals surface area (Å²) in [7, 11) is 0. The van der Waals surface area contributed by atoms with Gasteiger partial charge in [0.25, 0.3) is 0 Å². The molecule has 2 aromatic carbocycles. The van der Waals surface area contributed by atoms with Gasteiger partial charge in [0.05, 0.1) is 11.1 Å². The predicted octanol–water partition coefficient (Wildman–Crippen LogP) is 3.16. The first-order chi connectivity index (χ1) is 10.2. The fraction of sp³-hybridized carbons (Fsp3) is 0.118. The number of carbonyl (C=O) groups is 1. The van der Waals surface area contributed by atoms with Crippen molar-refractivity contribution in [2.24, 2.45) is 0 Å². The van der Waals surface area contributed by atoms with Crippen LogP contribution in [0.4, 0.5) is 0 Å². The van der Waals surface area contributed by atoms with Gasteiger partial charge in [0.2, 0.25) is 0 Å². The lowest BCUT2D eigenvalue weighted by molar-refractivity contribution is -0.142. The number of esters is 1. The third-order valence-corrected chi connectivity index (χ3v) is 2.98. The Balaban J connectivity index is 2.44. The normalized spacial score (nSPS) is 9.48. The minimum Gasteiger partial charge on any atom is -0.461 e. The Kier molecular flexibility index (Phi) is 4.33. The third kappa shape index (κ3) is 3.26. The maximum atomic E-state index is 10.9. The molecule has 2 rings (SSSR count). The van der Waals surface area contributed by atoms with E-state index in [1.54, 1.807) is 18.2 Å². The molecule has 0 aromatic heterocycles. The van der Waals surface area contributed by atoms with Gasteiger partial charge in [-0.2, -0.15) is 10.5 Å². The van der Waals surface area contributed by atoms with Crippen molar-refractivity contribution in [2.45, 2.75) is 13.5 Å². The lowest BCUT2D eigenvalue weighted by atomic mass is 9.95. The summed E-state index contributed by atoms with van der Waals surface area (Å²) in [5.74, 6) is -0.343. The van der Waals surface area contributed by atoms with Crippen molar-refractivity contribution in [1.82, 2.24) is 0 Å². The molecule has 102 valence electrons. The van der Waals surface area contributed by atoms with E-state index >= 15 is 0 Å². The molecule has 0 radical (unpaired) electrons. The van der Waals surface area contributed by atoms with Crippen LogP contribution in [-0.2, 0) is 16.1 Å². The highest BCUT2D eigenvalue weighted by Crippen LogP contribution is 2.26. The molecule has 0 saturated carbocycles. The molecule has 0 saturated heterocycles. The second-order valence-corrected chi connectivity index (χ2v) is 4.43. The molecule has 0 heterocycles. The minimum absolute atomic E-state index is 0.184. The molecule has 0 bridgehead atoms. The van der Waals surface area contributed by atoms with E-state index in [9.17, 15) is 10.1 Å². The Morgan fingerprint density at radius 2 is 1.90 bits per heavy atom. The summed E-state index contributed by atoms with van der Waals surface area (Å²) in [6.45, 7) is 1.54. The van der Waals surface area contributed by atoms with E-state index in [4.69, 9.17) is 10.00 Å². The summed E-state index contributed by atoms with van der Waals surface area (Å²) in [6.07, 6.45) is 0. The number of rotatable bonds is 3. The second kappa shape index (κ2) is 6.36.